The van der Waals surface area contributed by atoms with Gasteiger partial charge in [-0.2, -0.15) is 5.26 Å². The summed E-state index contributed by atoms with van der Waals surface area (Å²) < 4.78 is 5.81. The summed E-state index contributed by atoms with van der Waals surface area (Å²) in [5.74, 6) is 1.24. The molecular formula is C19H18N2O2. The largest absolute Gasteiger partial charge is 0.457 e. The highest BCUT2D eigenvalue weighted by Crippen LogP contribution is 2.40. The number of nitrogens with zero attached hydrogens (tertiary/aromatic N) is 2. The van der Waals surface area contributed by atoms with E-state index in [0.717, 1.165) is 5.75 Å². The van der Waals surface area contributed by atoms with E-state index in [0.29, 0.717) is 16.9 Å². The lowest BCUT2D eigenvalue weighted by molar-refractivity contribution is 0.0568. The maximum absolute atomic E-state index is 12.6. The lowest BCUT2D eigenvalue weighted by Gasteiger charge is -2.34. The minimum atomic E-state index is -0.586. The maximum atomic E-state index is 12.6. The molecule has 4 heteroatoms. The van der Waals surface area contributed by atoms with Crippen molar-refractivity contribution in [3.05, 3.63) is 59.7 Å². The Morgan fingerprint density at radius 2 is 1.78 bits per heavy atom. The van der Waals surface area contributed by atoms with Crippen LogP contribution in [0.15, 0.2) is 48.5 Å². The standard InChI is InChI=1S/C19H18N2O2/c1-19(2,3)21-17(12-20)16-11-14(9-10-15(16)18(21)22)23-13-7-5-4-6-8-13/h4-11,17H,1-3H3. The highest BCUT2D eigenvalue weighted by atomic mass is 16.5. The molecule has 2 aromatic carbocycles. The first-order valence-corrected chi connectivity index (χ1v) is 7.52. The Morgan fingerprint density at radius 3 is 2.39 bits per heavy atom. The van der Waals surface area contributed by atoms with Crippen LogP contribution in [-0.4, -0.2) is 16.3 Å². The highest BCUT2D eigenvalue weighted by molar-refractivity contribution is 6.00. The van der Waals surface area contributed by atoms with Gasteiger partial charge in [0.05, 0.1) is 6.07 Å². The lowest BCUT2D eigenvalue weighted by atomic mass is 10.0. The summed E-state index contributed by atoms with van der Waals surface area (Å²) in [4.78, 5) is 14.2. The topological polar surface area (TPSA) is 53.3 Å². The number of carbonyl (C=O) groups excluding carboxylic acids is 1. The van der Waals surface area contributed by atoms with Crippen LogP contribution in [0.1, 0.15) is 42.7 Å². The third-order valence-corrected chi connectivity index (χ3v) is 3.85. The molecule has 1 amide bonds. The first-order chi connectivity index (χ1) is 10.9. The summed E-state index contributed by atoms with van der Waals surface area (Å²) in [5.41, 5.74) is 0.865. The lowest BCUT2D eigenvalue weighted by Crippen LogP contribution is -2.43. The molecule has 1 aliphatic heterocycles. The molecule has 2 aromatic rings. The molecule has 4 nitrogen and oxygen atoms in total. The Balaban J connectivity index is 1.99. The van der Waals surface area contributed by atoms with E-state index in [4.69, 9.17) is 4.74 Å². The molecule has 0 fully saturated rings. The molecule has 0 bridgehead atoms. The third kappa shape index (κ3) is 2.66. The number of carbonyl (C=O) groups is 1. The molecule has 116 valence electrons. The molecule has 0 saturated heterocycles. The minimum Gasteiger partial charge on any atom is -0.457 e. The number of benzene rings is 2. The fraction of sp³-hybridized carbons (Fsp3) is 0.263. The number of para-hydroxylation sites is 1. The first kappa shape index (κ1) is 15.1. The van der Waals surface area contributed by atoms with Gasteiger partial charge in [-0.15, -0.1) is 0 Å². The van der Waals surface area contributed by atoms with E-state index >= 15 is 0 Å². The summed E-state index contributed by atoms with van der Waals surface area (Å²) in [6, 6.07) is 16.4. The van der Waals surface area contributed by atoms with Crippen molar-refractivity contribution >= 4 is 5.91 Å². The van der Waals surface area contributed by atoms with Crippen molar-refractivity contribution in [1.29, 1.82) is 5.26 Å². The highest BCUT2D eigenvalue weighted by Gasteiger charge is 2.42. The Morgan fingerprint density at radius 1 is 1.09 bits per heavy atom. The van der Waals surface area contributed by atoms with Gasteiger partial charge in [-0.25, -0.2) is 0 Å². The van der Waals surface area contributed by atoms with Gasteiger partial charge in [-0.1, -0.05) is 18.2 Å². The summed E-state index contributed by atoms with van der Waals surface area (Å²) in [5, 5.41) is 9.56. The van der Waals surface area contributed by atoms with Gasteiger partial charge in [0.1, 0.15) is 17.5 Å². The molecule has 1 heterocycles. The Bertz CT molecular complexity index is 785. The number of ether oxygens (including phenoxy) is 1. The van der Waals surface area contributed by atoms with Gasteiger partial charge in [0, 0.05) is 16.7 Å². The molecule has 23 heavy (non-hydrogen) atoms. The molecule has 1 aliphatic rings. The van der Waals surface area contributed by atoms with E-state index in [9.17, 15) is 10.1 Å². The van der Waals surface area contributed by atoms with E-state index in [-0.39, 0.29) is 5.91 Å². The van der Waals surface area contributed by atoms with Gasteiger partial charge in [0.15, 0.2) is 0 Å². The van der Waals surface area contributed by atoms with Crippen molar-refractivity contribution in [3.8, 4) is 17.6 Å². The third-order valence-electron chi connectivity index (χ3n) is 3.85. The van der Waals surface area contributed by atoms with Crippen LogP contribution in [0.5, 0.6) is 11.5 Å². The predicted octanol–water partition coefficient (Wildman–Crippen LogP) is 4.30. The monoisotopic (exact) mass is 306 g/mol. The quantitative estimate of drug-likeness (QED) is 0.831. The zero-order valence-electron chi connectivity index (χ0n) is 13.4. The predicted molar refractivity (Wildman–Crippen MR) is 87.2 cm³/mol. The zero-order valence-corrected chi connectivity index (χ0v) is 13.4. The van der Waals surface area contributed by atoms with Crippen LogP contribution >= 0.6 is 0 Å². The number of fused-ring (bicyclic) bond motifs is 1. The molecular weight excluding hydrogens is 288 g/mol. The fourth-order valence-electron chi connectivity index (χ4n) is 2.86. The van der Waals surface area contributed by atoms with E-state index in [1.807, 2.05) is 51.1 Å². The van der Waals surface area contributed by atoms with Crippen molar-refractivity contribution < 1.29 is 9.53 Å². The van der Waals surface area contributed by atoms with Crippen LogP contribution in [0.3, 0.4) is 0 Å². The summed E-state index contributed by atoms with van der Waals surface area (Å²) >= 11 is 0. The van der Waals surface area contributed by atoms with Crippen LogP contribution in [0.4, 0.5) is 0 Å². The number of amides is 1. The van der Waals surface area contributed by atoms with Crippen molar-refractivity contribution in [3.63, 3.8) is 0 Å². The molecule has 1 atom stereocenters. The van der Waals surface area contributed by atoms with E-state index < -0.39 is 11.6 Å². The van der Waals surface area contributed by atoms with Crippen molar-refractivity contribution in [1.82, 2.24) is 4.90 Å². The molecule has 1 unspecified atom stereocenters. The van der Waals surface area contributed by atoms with E-state index in [1.165, 1.54) is 0 Å². The smallest absolute Gasteiger partial charge is 0.256 e. The van der Waals surface area contributed by atoms with E-state index in [1.54, 1.807) is 23.1 Å². The molecule has 0 radical (unpaired) electrons. The summed E-state index contributed by atoms with van der Waals surface area (Å²) in [6.45, 7) is 5.80. The van der Waals surface area contributed by atoms with Crippen molar-refractivity contribution in [2.45, 2.75) is 32.4 Å². The van der Waals surface area contributed by atoms with Gasteiger partial charge < -0.3 is 9.64 Å². The second kappa shape index (κ2) is 5.44. The second-order valence-electron chi connectivity index (χ2n) is 6.54. The van der Waals surface area contributed by atoms with Crippen molar-refractivity contribution in [2.75, 3.05) is 0 Å². The van der Waals surface area contributed by atoms with Crippen LogP contribution in [0.25, 0.3) is 0 Å². The molecule has 0 saturated carbocycles. The molecule has 0 N–H and O–H groups in total. The SMILES string of the molecule is CC(C)(C)N1C(=O)c2ccc(Oc3ccccc3)cc2C1C#N. The number of nitriles is 1. The Kier molecular flexibility index (Phi) is 3.57. The van der Waals surface area contributed by atoms with Gasteiger partial charge >= 0.3 is 0 Å². The molecule has 0 aromatic heterocycles. The zero-order chi connectivity index (χ0) is 16.6. The molecule has 0 spiro atoms. The number of hydrogen-bond acceptors (Lipinski definition) is 3. The average molecular weight is 306 g/mol. The number of hydrogen-bond donors (Lipinski definition) is 0. The van der Waals surface area contributed by atoms with Gasteiger partial charge in [0.2, 0.25) is 0 Å². The maximum Gasteiger partial charge on any atom is 0.256 e. The van der Waals surface area contributed by atoms with Crippen molar-refractivity contribution in [2.24, 2.45) is 0 Å². The minimum absolute atomic E-state index is 0.106. The van der Waals surface area contributed by atoms with Crippen LogP contribution < -0.4 is 4.74 Å². The summed E-state index contributed by atoms with van der Waals surface area (Å²) in [6.07, 6.45) is 0. The second-order valence-corrected chi connectivity index (χ2v) is 6.54. The Hall–Kier alpha value is -2.80. The summed E-state index contributed by atoms with van der Waals surface area (Å²) in [7, 11) is 0. The van der Waals surface area contributed by atoms with Crippen LogP contribution in [0, 0.1) is 11.3 Å². The van der Waals surface area contributed by atoms with Crippen LogP contribution in [0.2, 0.25) is 0 Å². The van der Waals surface area contributed by atoms with Gasteiger partial charge in [-0.3, -0.25) is 4.79 Å². The normalized spacial score (nSPS) is 16.9. The first-order valence-electron chi connectivity index (χ1n) is 7.52. The van der Waals surface area contributed by atoms with Crippen LogP contribution in [-0.2, 0) is 0 Å². The Labute approximate surface area is 135 Å². The number of rotatable bonds is 2. The van der Waals surface area contributed by atoms with Gasteiger partial charge in [0.25, 0.3) is 5.91 Å². The van der Waals surface area contributed by atoms with Gasteiger partial charge in [-0.05, 0) is 51.1 Å². The molecule has 3 rings (SSSR count). The fourth-order valence-corrected chi connectivity index (χ4v) is 2.86. The average Bonchev–Trinajstić information content (AvgIpc) is 2.80. The molecule has 0 aliphatic carbocycles. The van der Waals surface area contributed by atoms with E-state index in [2.05, 4.69) is 6.07 Å².